The van der Waals surface area contributed by atoms with Gasteiger partial charge in [0, 0.05) is 11.5 Å². The summed E-state index contributed by atoms with van der Waals surface area (Å²) >= 11 is 0. The largest absolute Gasteiger partial charge is 0.508 e. The van der Waals surface area contributed by atoms with E-state index in [2.05, 4.69) is 15.3 Å². The SMILES string of the molecule is CC(CCc1ccc(O)cc1)(NCCCN=[N+]=[N-])C(N)=O. The number of phenols is 1. The summed E-state index contributed by atoms with van der Waals surface area (Å²) in [5.74, 6) is -0.197. The second-order valence-electron chi connectivity index (χ2n) is 5.10. The third-order valence-electron chi connectivity index (χ3n) is 3.41. The zero-order valence-electron chi connectivity index (χ0n) is 12.1. The van der Waals surface area contributed by atoms with Crippen LogP contribution in [0.5, 0.6) is 5.75 Å². The van der Waals surface area contributed by atoms with Crippen LogP contribution in [-0.4, -0.2) is 29.6 Å². The Hall–Kier alpha value is -2.24. The average Bonchev–Trinajstić information content (AvgIpc) is 2.46. The molecule has 1 aromatic rings. The van der Waals surface area contributed by atoms with E-state index >= 15 is 0 Å². The quantitative estimate of drug-likeness (QED) is 0.278. The van der Waals surface area contributed by atoms with Gasteiger partial charge >= 0.3 is 0 Å². The average molecular weight is 291 g/mol. The lowest BCUT2D eigenvalue weighted by molar-refractivity contribution is -0.124. The number of nitrogens with one attached hydrogen (secondary N) is 1. The van der Waals surface area contributed by atoms with Crippen LogP contribution < -0.4 is 11.1 Å². The highest BCUT2D eigenvalue weighted by atomic mass is 16.3. The number of primary amides is 1. The zero-order valence-corrected chi connectivity index (χ0v) is 12.1. The van der Waals surface area contributed by atoms with Gasteiger partial charge in [0.2, 0.25) is 5.91 Å². The van der Waals surface area contributed by atoms with Gasteiger partial charge in [-0.2, -0.15) is 0 Å². The van der Waals surface area contributed by atoms with Crippen LogP contribution in [0, 0.1) is 0 Å². The van der Waals surface area contributed by atoms with Crippen LogP contribution in [0.3, 0.4) is 0 Å². The van der Waals surface area contributed by atoms with E-state index in [0.29, 0.717) is 32.4 Å². The molecule has 0 aliphatic rings. The van der Waals surface area contributed by atoms with Crippen LogP contribution in [0.15, 0.2) is 29.4 Å². The number of benzene rings is 1. The molecule has 7 heteroatoms. The number of amides is 1. The summed E-state index contributed by atoms with van der Waals surface area (Å²) in [5.41, 5.74) is 13.9. The number of hydrogen-bond acceptors (Lipinski definition) is 4. The Labute approximate surface area is 123 Å². The molecule has 0 aliphatic heterocycles. The number of nitrogens with zero attached hydrogens (tertiary/aromatic N) is 3. The highest BCUT2D eigenvalue weighted by molar-refractivity contribution is 5.84. The number of carbonyl (C=O) groups excluding carboxylic acids is 1. The Morgan fingerprint density at radius 1 is 1.48 bits per heavy atom. The van der Waals surface area contributed by atoms with E-state index in [9.17, 15) is 9.90 Å². The van der Waals surface area contributed by atoms with E-state index in [1.54, 1.807) is 19.1 Å². The third kappa shape index (κ3) is 5.72. The lowest BCUT2D eigenvalue weighted by Crippen LogP contribution is -2.53. The highest BCUT2D eigenvalue weighted by Gasteiger charge is 2.29. The van der Waals surface area contributed by atoms with Crippen molar-refractivity contribution in [3.63, 3.8) is 0 Å². The fourth-order valence-corrected chi connectivity index (χ4v) is 1.91. The fourth-order valence-electron chi connectivity index (χ4n) is 1.91. The summed E-state index contributed by atoms with van der Waals surface area (Å²) in [6.45, 7) is 2.70. The van der Waals surface area contributed by atoms with Gasteiger partial charge in [-0.15, -0.1) is 0 Å². The molecule has 0 aromatic heterocycles. The highest BCUT2D eigenvalue weighted by Crippen LogP contribution is 2.16. The fraction of sp³-hybridized carbons (Fsp3) is 0.500. The predicted octanol–water partition coefficient (Wildman–Crippen LogP) is 1.86. The monoisotopic (exact) mass is 291 g/mol. The van der Waals surface area contributed by atoms with Crippen molar-refractivity contribution in [1.29, 1.82) is 0 Å². The van der Waals surface area contributed by atoms with Crippen LogP contribution in [0.1, 0.15) is 25.3 Å². The van der Waals surface area contributed by atoms with Crippen molar-refractivity contribution < 1.29 is 9.90 Å². The molecule has 4 N–H and O–H groups in total. The maximum atomic E-state index is 11.7. The molecule has 0 fully saturated rings. The van der Waals surface area contributed by atoms with Gasteiger partial charge in [0.25, 0.3) is 0 Å². The van der Waals surface area contributed by atoms with Crippen molar-refractivity contribution in [2.45, 2.75) is 31.7 Å². The standard InChI is InChI=1S/C14H21N5O2/c1-14(13(15)21,17-9-2-10-18-19-16)8-7-11-3-5-12(20)6-4-11/h3-6,17,20H,2,7-10H2,1H3,(H2,15,21). The lowest BCUT2D eigenvalue weighted by atomic mass is 9.92. The number of aromatic hydroxyl groups is 1. The Morgan fingerprint density at radius 3 is 2.71 bits per heavy atom. The molecule has 1 unspecified atom stereocenters. The number of rotatable bonds is 9. The van der Waals surface area contributed by atoms with Crippen molar-refractivity contribution in [2.75, 3.05) is 13.1 Å². The van der Waals surface area contributed by atoms with Gasteiger partial charge in [-0.3, -0.25) is 4.79 Å². The minimum atomic E-state index is -0.811. The lowest BCUT2D eigenvalue weighted by Gasteiger charge is -2.27. The Balaban J connectivity index is 2.52. The number of aryl methyl sites for hydroxylation is 1. The Morgan fingerprint density at radius 2 is 2.14 bits per heavy atom. The smallest absolute Gasteiger partial charge is 0.237 e. The second kappa shape index (κ2) is 8.14. The normalized spacial score (nSPS) is 13.2. The van der Waals surface area contributed by atoms with Crippen molar-refractivity contribution in [2.24, 2.45) is 10.8 Å². The number of phenolic OH excluding ortho intramolecular Hbond substituents is 1. The van der Waals surface area contributed by atoms with Crippen LogP contribution in [-0.2, 0) is 11.2 Å². The number of carbonyl (C=O) groups is 1. The molecular weight excluding hydrogens is 270 g/mol. The number of hydrogen-bond donors (Lipinski definition) is 3. The molecule has 1 amide bonds. The summed E-state index contributed by atoms with van der Waals surface area (Å²) in [4.78, 5) is 14.3. The van der Waals surface area contributed by atoms with Crippen molar-refractivity contribution in [3.05, 3.63) is 40.3 Å². The molecule has 1 atom stereocenters. The first-order valence-electron chi connectivity index (χ1n) is 6.81. The minimum Gasteiger partial charge on any atom is -0.508 e. The van der Waals surface area contributed by atoms with E-state index < -0.39 is 11.4 Å². The summed E-state index contributed by atoms with van der Waals surface area (Å²) in [6.07, 6.45) is 1.86. The van der Waals surface area contributed by atoms with E-state index in [0.717, 1.165) is 5.56 Å². The van der Waals surface area contributed by atoms with Gasteiger partial charge in [0.1, 0.15) is 5.75 Å². The third-order valence-corrected chi connectivity index (χ3v) is 3.41. The van der Waals surface area contributed by atoms with Gasteiger partial charge in [-0.1, -0.05) is 17.2 Å². The molecular formula is C14H21N5O2. The molecule has 7 nitrogen and oxygen atoms in total. The first-order valence-corrected chi connectivity index (χ1v) is 6.81. The van der Waals surface area contributed by atoms with Crippen molar-refractivity contribution in [1.82, 2.24) is 5.32 Å². The van der Waals surface area contributed by atoms with Crippen LogP contribution >= 0.6 is 0 Å². The summed E-state index contributed by atoms with van der Waals surface area (Å²) in [5, 5.41) is 15.8. The van der Waals surface area contributed by atoms with Gasteiger partial charge < -0.3 is 16.2 Å². The van der Waals surface area contributed by atoms with Gasteiger partial charge in [0.05, 0.1) is 5.54 Å². The number of azide groups is 1. The number of nitrogens with two attached hydrogens (primary N) is 1. The van der Waals surface area contributed by atoms with E-state index in [4.69, 9.17) is 11.3 Å². The molecule has 0 spiro atoms. The molecule has 21 heavy (non-hydrogen) atoms. The summed E-state index contributed by atoms with van der Waals surface area (Å²) < 4.78 is 0. The zero-order chi connectivity index (χ0) is 15.7. The maximum absolute atomic E-state index is 11.7. The van der Waals surface area contributed by atoms with Crippen molar-refractivity contribution in [3.8, 4) is 5.75 Å². The molecule has 0 aliphatic carbocycles. The first-order chi connectivity index (χ1) is 9.98. The second-order valence-corrected chi connectivity index (χ2v) is 5.10. The summed E-state index contributed by atoms with van der Waals surface area (Å²) in [6, 6.07) is 6.87. The predicted molar refractivity (Wildman–Crippen MR) is 80.7 cm³/mol. The topological polar surface area (TPSA) is 124 Å². The van der Waals surface area contributed by atoms with E-state index in [1.165, 1.54) is 0 Å². The molecule has 0 radical (unpaired) electrons. The minimum absolute atomic E-state index is 0.215. The molecule has 0 saturated heterocycles. The van der Waals surface area contributed by atoms with Crippen LogP contribution in [0.2, 0.25) is 0 Å². The van der Waals surface area contributed by atoms with E-state index in [1.807, 2.05) is 12.1 Å². The van der Waals surface area contributed by atoms with E-state index in [-0.39, 0.29) is 5.75 Å². The van der Waals surface area contributed by atoms with Gasteiger partial charge in [0.15, 0.2) is 0 Å². The molecule has 1 rings (SSSR count). The molecule has 0 heterocycles. The van der Waals surface area contributed by atoms with Crippen LogP contribution in [0.25, 0.3) is 10.4 Å². The Kier molecular flexibility index (Phi) is 6.52. The van der Waals surface area contributed by atoms with Gasteiger partial charge in [-0.05, 0) is 56.0 Å². The first kappa shape index (κ1) is 16.8. The van der Waals surface area contributed by atoms with Gasteiger partial charge in [-0.25, -0.2) is 0 Å². The molecule has 0 bridgehead atoms. The molecule has 0 saturated carbocycles. The van der Waals surface area contributed by atoms with Crippen LogP contribution in [0.4, 0.5) is 0 Å². The summed E-state index contributed by atoms with van der Waals surface area (Å²) in [7, 11) is 0. The van der Waals surface area contributed by atoms with Crippen molar-refractivity contribution >= 4 is 5.91 Å². The maximum Gasteiger partial charge on any atom is 0.237 e. The molecule has 114 valence electrons. The molecule has 1 aromatic carbocycles. The Bertz CT molecular complexity index is 511.